The molecule has 0 aliphatic carbocycles. The molecule has 1 fully saturated rings. The predicted octanol–water partition coefficient (Wildman–Crippen LogP) is 0.916. The van der Waals surface area contributed by atoms with E-state index in [2.05, 4.69) is 5.10 Å². The average molecular weight is 323 g/mol. The van der Waals surface area contributed by atoms with Crippen LogP contribution in [0.5, 0.6) is 0 Å². The molecule has 0 spiro atoms. The Morgan fingerprint density at radius 3 is 2.57 bits per heavy atom. The van der Waals surface area contributed by atoms with Gasteiger partial charge in [0.05, 0.1) is 18.3 Å². The van der Waals surface area contributed by atoms with Crippen molar-refractivity contribution in [1.82, 2.24) is 14.7 Å². The molecule has 1 aliphatic rings. The van der Waals surface area contributed by atoms with Crippen LogP contribution in [0.15, 0.2) is 0 Å². The highest BCUT2D eigenvalue weighted by molar-refractivity contribution is 5.80. The van der Waals surface area contributed by atoms with E-state index in [-0.39, 0.29) is 24.5 Å². The Kier molecular flexibility index (Phi) is 5.09. The van der Waals surface area contributed by atoms with Crippen LogP contribution < -0.4 is 0 Å². The second-order valence-corrected chi connectivity index (χ2v) is 6.39. The van der Waals surface area contributed by atoms with Gasteiger partial charge in [0.25, 0.3) is 0 Å². The van der Waals surface area contributed by atoms with Crippen LogP contribution in [0, 0.1) is 19.8 Å². The highest BCUT2D eigenvalue weighted by Crippen LogP contribution is 2.20. The van der Waals surface area contributed by atoms with E-state index in [0.29, 0.717) is 13.0 Å². The summed E-state index contributed by atoms with van der Waals surface area (Å²) in [5.74, 6) is -1.29. The molecule has 7 heteroatoms. The van der Waals surface area contributed by atoms with Gasteiger partial charge in [0, 0.05) is 25.2 Å². The zero-order valence-corrected chi connectivity index (χ0v) is 14.4. The fourth-order valence-corrected chi connectivity index (χ4v) is 3.09. The average Bonchev–Trinajstić information content (AvgIpc) is 2.72. The predicted molar refractivity (Wildman–Crippen MR) is 84.1 cm³/mol. The van der Waals surface area contributed by atoms with Gasteiger partial charge in [-0.05, 0) is 32.8 Å². The van der Waals surface area contributed by atoms with Crippen LogP contribution in [0.4, 0.5) is 0 Å². The molecule has 0 saturated carbocycles. The molecule has 1 amide bonds. The summed E-state index contributed by atoms with van der Waals surface area (Å²) in [7, 11) is 1.89. The van der Waals surface area contributed by atoms with Gasteiger partial charge >= 0.3 is 5.97 Å². The van der Waals surface area contributed by atoms with E-state index in [1.54, 1.807) is 11.8 Å². The van der Waals surface area contributed by atoms with E-state index in [1.807, 2.05) is 32.5 Å². The van der Waals surface area contributed by atoms with Crippen molar-refractivity contribution in [1.29, 1.82) is 0 Å². The first-order chi connectivity index (χ1) is 10.7. The Labute approximate surface area is 136 Å². The molecule has 1 aromatic rings. The third-order valence-corrected chi connectivity index (χ3v) is 4.44. The van der Waals surface area contributed by atoms with Crippen molar-refractivity contribution in [2.75, 3.05) is 13.1 Å². The Morgan fingerprint density at radius 1 is 1.39 bits per heavy atom. The Hall–Kier alpha value is -1.89. The first kappa shape index (κ1) is 17.5. The molecule has 0 bridgehead atoms. The first-order valence-electron chi connectivity index (χ1n) is 7.86. The number of rotatable bonds is 4. The second-order valence-electron chi connectivity index (χ2n) is 6.39. The number of carboxylic acids is 1. The number of morpholine rings is 1. The van der Waals surface area contributed by atoms with Crippen LogP contribution in [0.3, 0.4) is 0 Å². The minimum Gasteiger partial charge on any atom is -0.479 e. The second kappa shape index (κ2) is 6.70. The number of carbonyl (C=O) groups is 2. The van der Waals surface area contributed by atoms with Gasteiger partial charge in [0.2, 0.25) is 5.91 Å². The maximum absolute atomic E-state index is 12.7. The van der Waals surface area contributed by atoms with E-state index >= 15 is 0 Å². The number of carbonyl (C=O) groups excluding carboxylic acids is 1. The summed E-state index contributed by atoms with van der Waals surface area (Å²) in [6.45, 7) is 8.13. The van der Waals surface area contributed by atoms with E-state index in [1.165, 1.54) is 0 Å². The summed E-state index contributed by atoms with van der Waals surface area (Å²) in [4.78, 5) is 25.5. The molecule has 2 rings (SSSR count). The lowest BCUT2D eigenvalue weighted by Crippen LogP contribution is -2.53. The molecule has 128 valence electrons. The molecule has 0 radical (unpaired) electrons. The molecular weight excluding hydrogens is 298 g/mol. The smallest absolute Gasteiger partial charge is 0.334 e. The fourth-order valence-electron chi connectivity index (χ4n) is 3.09. The van der Waals surface area contributed by atoms with Crippen molar-refractivity contribution in [3.63, 3.8) is 0 Å². The van der Waals surface area contributed by atoms with E-state index in [4.69, 9.17) is 9.84 Å². The van der Waals surface area contributed by atoms with Gasteiger partial charge in [-0.1, -0.05) is 6.92 Å². The summed E-state index contributed by atoms with van der Waals surface area (Å²) in [6.07, 6.45) is -0.618. The third kappa shape index (κ3) is 3.72. The fraction of sp³-hybridized carbons (Fsp3) is 0.688. The topological polar surface area (TPSA) is 84.7 Å². The van der Waals surface area contributed by atoms with Gasteiger partial charge in [-0.25, -0.2) is 4.79 Å². The largest absolute Gasteiger partial charge is 0.479 e. The van der Waals surface area contributed by atoms with Gasteiger partial charge in [-0.3, -0.25) is 9.48 Å². The number of amides is 1. The lowest BCUT2D eigenvalue weighted by Gasteiger charge is -2.36. The number of ether oxygens (including phenoxy) is 1. The number of aliphatic carboxylic acids is 1. The standard InChI is InChI=1S/C16H25N3O4/c1-9(6-13-11(3)17-18(5)12(13)4)15(20)19-7-10(2)23-14(8-19)16(21)22/h9-10,14H,6-8H2,1-5H3,(H,21,22)/t9?,10-,14?/m1/s1. The molecule has 1 saturated heterocycles. The Bertz CT molecular complexity index is 611. The normalized spacial score (nSPS) is 22.9. The number of carboxylic acid groups (broad SMARTS) is 1. The zero-order valence-electron chi connectivity index (χ0n) is 14.4. The van der Waals surface area contributed by atoms with E-state index < -0.39 is 12.1 Å². The minimum atomic E-state index is -1.03. The lowest BCUT2D eigenvalue weighted by molar-refractivity contribution is -0.167. The lowest BCUT2D eigenvalue weighted by atomic mass is 9.97. The molecule has 0 aromatic carbocycles. The van der Waals surface area contributed by atoms with Crippen molar-refractivity contribution in [3.8, 4) is 0 Å². The number of nitrogens with zero attached hydrogens (tertiary/aromatic N) is 3. The highest BCUT2D eigenvalue weighted by atomic mass is 16.5. The zero-order chi connectivity index (χ0) is 17.3. The van der Waals surface area contributed by atoms with E-state index in [9.17, 15) is 9.59 Å². The van der Waals surface area contributed by atoms with Crippen LogP contribution in [0.2, 0.25) is 0 Å². The number of aryl methyl sites for hydroxylation is 2. The van der Waals surface area contributed by atoms with Gasteiger partial charge < -0.3 is 14.7 Å². The summed E-state index contributed by atoms with van der Waals surface area (Å²) in [5.41, 5.74) is 3.08. The van der Waals surface area contributed by atoms with Crippen molar-refractivity contribution in [3.05, 3.63) is 17.0 Å². The van der Waals surface area contributed by atoms with Gasteiger partial charge in [0.1, 0.15) is 0 Å². The molecule has 1 aromatic heterocycles. The summed E-state index contributed by atoms with van der Waals surface area (Å²) in [5, 5.41) is 13.5. The summed E-state index contributed by atoms with van der Waals surface area (Å²) in [6, 6.07) is 0. The van der Waals surface area contributed by atoms with Gasteiger partial charge in [-0.2, -0.15) is 5.10 Å². The maximum Gasteiger partial charge on any atom is 0.334 e. The van der Waals surface area contributed by atoms with E-state index in [0.717, 1.165) is 17.0 Å². The molecule has 2 heterocycles. The molecule has 7 nitrogen and oxygen atoms in total. The molecule has 3 atom stereocenters. The Morgan fingerprint density at radius 2 is 2.04 bits per heavy atom. The summed E-state index contributed by atoms with van der Waals surface area (Å²) < 4.78 is 7.18. The maximum atomic E-state index is 12.7. The van der Waals surface area contributed by atoms with Gasteiger partial charge in [0.15, 0.2) is 6.10 Å². The molecule has 23 heavy (non-hydrogen) atoms. The number of hydrogen-bond acceptors (Lipinski definition) is 4. The van der Waals surface area contributed by atoms with Crippen molar-refractivity contribution < 1.29 is 19.4 Å². The molecule has 1 aliphatic heterocycles. The van der Waals surface area contributed by atoms with Crippen LogP contribution >= 0.6 is 0 Å². The van der Waals surface area contributed by atoms with Crippen LogP contribution in [-0.4, -0.2) is 57.0 Å². The SMILES string of the molecule is Cc1nn(C)c(C)c1CC(C)C(=O)N1CC(C(=O)O)O[C@H](C)C1. The van der Waals surface area contributed by atoms with Crippen LogP contribution in [0.1, 0.15) is 30.8 Å². The van der Waals surface area contributed by atoms with Gasteiger partial charge in [-0.15, -0.1) is 0 Å². The number of aromatic nitrogens is 2. The van der Waals surface area contributed by atoms with Crippen LogP contribution in [0.25, 0.3) is 0 Å². The van der Waals surface area contributed by atoms with Crippen molar-refractivity contribution in [2.45, 2.75) is 46.3 Å². The quantitative estimate of drug-likeness (QED) is 0.890. The Balaban J connectivity index is 2.08. The molecule has 2 unspecified atom stereocenters. The summed E-state index contributed by atoms with van der Waals surface area (Å²) >= 11 is 0. The third-order valence-electron chi connectivity index (χ3n) is 4.44. The monoisotopic (exact) mass is 323 g/mol. The molecule has 1 N–H and O–H groups in total. The van der Waals surface area contributed by atoms with Crippen LogP contribution in [-0.2, 0) is 27.8 Å². The highest BCUT2D eigenvalue weighted by Gasteiger charge is 2.34. The minimum absolute atomic E-state index is 0.0333. The van der Waals surface area contributed by atoms with Crippen molar-refractivity contribution >= 4 is 11.9 Å². The van der Waals surface area contributed by atoms with Crippen molar-refractivity contribution in [2.24, 2.45) is 13.0 Å². The molecular formula is C16H25N3O4. The first-order valence-corrected chi connectivity index (χ1v) is 7.86. The number of hydrogen-bond donors (Lipinski definition) is 1.